The lowest BCUT2D eigenvalue weighted by Gasteiger charge is -2.13. The second kappa shape index (κ2) is 8.28. The van der Waals surface area contributed by atoms with Gasteiger partial charge < -0.3 is 20.3 Å². The lowest BCUT2D eigenvalue weighted by Crippen LogP contribution is -2.17. The molecule has 21 heavy (non-hydrogen) atoms. The minimum absolute atomic E-state index is 0. The van der Waals surface area contributed by atoms with E-state index in [9.17, 15) is 20.0 Å². The number of nitrogens with two attached hydrogens (primary N) is 1. The lowest BCUT2D eigenvalue weighted by atomic mass is 10.0. The van der Waals surface area contributed by atoms with Crippen molar-refractivity contribution in [3.63, 3.8) is 0 Å². The van der Waals surface area contributed by atoms with Crippen LogP contribution in [0.2, 0.25) is 0 Å². The molecule has 1 aromatic rings. The van der Waals surface area contributed by atoms with Crippen LogP contribution in [0, 0.1) is 10.1 Å². The second-order valence-electron chi connectivity index (χ2n) is 3.96. The molecule has 0 aliphatic rings. The fourth-order valence-corrected chi connectivity index (χ4v) is 1.64. The maximum atomic E-state index is 11.4. The Morgan fingerprint density at radius 1 is 1.52 bits per heavy atom. The lowest BCUT2D eigenvalue weighted by molar-refractivity contribution is -0.386. The average molecular weight is 321 g/mol. The van der Waals surface area contributed by atoms with Gasteiger partial charge in [0, 0.05) is 12.1 Å². The summed E-state index contributed by atoms with van der Waals surface area (Å²) in [7, 11) is 1.26. The number of benzene rings is 1. The number of ether oxygens (including phenoxy) is 2. The number of hydrogen-bond donors (Lipinski definition) is 2. The first-order valence-corrected chi connectivity index (χ1v) is 5.87. The van der Waals surface area contributed by atoms with Crippen LogP contribution in [0.3, 0.4) is 0 Å². The maximum absolute atomic E-state index is 11.4. The number of phenolic OH excluding ortho intramolecular Hbond substituents is 1. The molecule has 0 unspecified atom stereocenters. The Balaban J connectivity index is 0.00000400. The van der Waals surface area contributed by atoms with Crippen LogP contribution in [0.1, 0.15) is 24.9 Å². The second-order valence-corrected chi connectivity index (χ2v) is 3.96. The average Bonchev–Trinajstić information content (AvgIpc) is 2.38. The van der Waals surface area contributed by atoms with E-state index in [1.165, 1.54) is 13.2 Å². The number of phenols is 1. The Bertz CT molecular complexity index is 523. The molecule has 9 heteroatoms. The van der Waals surface area contributed by atoms with Crippen LogP contribution in [0.5, 0.6) is 11.5 Å². The number of nitrogens with zero attached hydrogens (tertiary/aromatic N) is 1. The fraction of sp³-hybridized carbons (Fsp3) is 0.417. The summed E-state index contributed by atoms with van der Waals surface area (Å²) >= 11 is 0. The van der Waals surface area contributed by atoms with E-state index in [1.807, 2.05) is 0 Å². The predicted molar refractivity (Wildman–Crippen MR) is 76.7 cm³/mol. The molecule has 0 fully saturated rings. The van der Waals surface area contributed by atoms with Crippen molar-refractivity contribution < 1.29 is 24.3 Å². The largest absolute Gasteiger partial charge is 0.500 e. The van der Waals surface area contributed by atoms with Crippen LogP contribution in [0.25, 0.3) is 0 Å². The highest BCUT2D eigenvalue weighted by atomic mass is 35.5. The highest BCUT2D eigenvalue weighted by Gasteiger charge is 2.23. The van der Waals surface area contributed by atoms with Crippen LogP contribution in [0.4, 0.5) is 5.69 Å². The number of carbonyl (C=O) groups is 1. The molecular weight excluding hydrogens is 304 g/mol. The third-order valence-corrected chi connectivity index (χ3v) is 2.61. The topological polar surface area (TPSA) is 125 Å². The van der Waals surface area contributed by atoms with Crippen LogP contribution in [-0.4, -0.2) is 29.7 Å². The Kier molecular flexibility index (Phi) is 7.46. The molecule has 0 saturated carbocycles. The van der Waals surface area contributed by atoms with Crippen molar-refractivity contribution in [1.82, 2.24) is 0 Å². The number of hydrogen-bond acceptors (Lipinski definition) is 7. The quantitative estimate of drug-likeness (QED) is 0.464. The summed E-state index contributed by atoms with van der Waals surface area (Å²) in [5, 5.41) is 20.5. The smallest absolute Gasteiger partial charge is 0.314 e. The summed E-state index contributed by atoms with van der Waals surface area (Å²) in [6, 6.07) is 1.68. The van der Waals surface area contributed by atoms with Gasteiger partial charge in [0.25, 0.3) is 0 Å². The van der Waals surface area contributed by atoms with Gasteiger partial charge in [-0.2, -0.15) is 0 Å². The number of methoxy groups -OCH3 is 1. The van der Waals surface area contributed by atoms with Crippen LogP contribution in [-0.2, 0) is 9.53 Å². The minimum Gasteiger partial charge on any atom is -0.500 e. The molecule has 3 N–H and O–H groups in total. The number of halogens is 1. The number of nitro benzene ring substituents is 1. The van der Waals surface area contributed by atoms with Gasteiger partial charge in [-0.1, -0.05) is 0 Å². The van der Waals surface area contributed by atoms with Crippen molar-refractivity contribution in [3.8, 4) is 11.5 Å². The number of carbonyl (C=O) groups excluding carboxylic acids is 1. The number of esters is 1. The Morgan fingerprint density at radius 3 is 2.62 bits per heavy atom. The first-order chi connectivity index (χ1) is 9.40. The molecule has 0 saturated heterocycles. The summed E-state index contributed by atoms with van der Waals surface area (Å²) < 4.78 is 9.61. The molecule has 0 aromatic heterocycles. The minimum atomic E-state index is -0.790. The molecule has 0 amide bonds. The van der Waals surface area contributed by atoms with Crippen LogP contribution in [0.15, 0.2) is 12.1 Å². The number of nitro groups is 1. The van der Waals surface area contributed by atoms with Crippen LogP contribution >= 0.6 is 12.4 Å². The van der Waals surface area contributed by atoms with E-state index in [1.54, 1.807) is 6.92 Å². The van der Waals surface area contributed by atoms with Crippen molar-refractivity contribution in [2.24, 2.45) is 5.73 Å². The van der Waals surface area contributed by atoms with Gasteiger partial charge in [0.2, 0.25) is 5.75 Å². The Morgan fingerprint density at radius 2 is 2.14 bits per heavy atom. The molecule has 1 aromatic carbocycles. The standard InChI is InChI=1S/C12H16N2O6.ClH/c1-3-20-11(15)6-8(13)7-4-9(14(17)18)12(16)10(5-7)19-2;/h4-5,8,16H,3,6,13H2,1-2H3;1H/t8-;/m0./s1. The monoisotopic (exact) mass is 320 g/mol. The number of aromatic hydroxyl groups is 1. The molecule has 1 atom stereocenters. The molecule has 8 nitrogen and oxygen atoms in total. The van der Waals surface area contributed by atoms with E-state index in [2.05, 4.69) is 0 Å². The summed E-state index contributed by atoms with van der Waals surface area (Å²) in [6.07, 6.45) is -0.126. The summed E-state index contributed by atoms with van der Waals surface area (Å²) in [6.45, 7) is 1.89. The van der Waals surface area contributed by atoms with Crippen molar-refractivity contribution in [2.75, 3.05) is 13.7 Å². The number of rotatable bonds is 6. The van der Waals surface area contributed by atoms with E-state index in [0.29, 0.717) is 5.56 Å². The van der Waals surface area contributed by atoms with Gasteiger partial charge in [-0.05, 0) is 18.6 Å². The van der Waals surface area contributed by atoms with E-state index >= 15 is 0 Å². The summed E-state index contributed by atoms with van der Waals surface area (Å²) in [5.74, 6) is -1.16. The predicted octanol–water partition coefficient (Wildman–Crippen LogP) is 1.68. The van der Waals surface area contributed by atoms with Gasteiger partial charge in [-0.3, -0.25) is 14.9 Å². The van der Waals surface area contributed by atoms with Gasteiger partial charge in [-0.15, -0.1) is 12.4 Å². The summed E-state index contributed by atoms with van der Waals surface area (Å²) in [5.41, 5.74) is 5.58. The molecule has 0 spiro atoms. The normalized spacial score (nSPS) is 11.2. The SMILES string of the molecule is CCOC(=O)C[C@H](N)c1cc(OC)c(O)c([N+](=O)[O-])c1.Cl. The van der Waals surface area contributed by atoms with Crippen molar-refractivity contribution >= 4 is 24.1 Å². The van der Waals surface area contributed by atoms with Crippen molar-refractivity contribution in [1.29, 1.82) is 0 Å². The molecule has 118 valence electrons. The molecule has 0 aliphatic heterocycles. The Hall–Kier alpha value is -2.06. The third kappa shape index (κ3) is 4.76. The van der Waals surface area contributed by atoms with Gasteiger partial charge in [0.15, 0.2) is 5.75 Å². The van der Waals surface area contributed by atoms with Gasteiger partial charge in [0.1, 0.15) is 0 Å². The fourth-order valence-electron chi connectivity index (χ4n) is 1.64. The van der Waals surface area contributed by atoms with Gasteiger partial charge in [0.05, 0.1) is 25.1 Å². The van der Waals surface area contributed by atoms with E-state index in [4.69, 9.17) is 15.2 Å². The maximum Gasteiger partial charge on any atom is 0.314 e. The third-order valence-electron chi connectivity index (χ3n) is 2.61. The van der Waals surface area contributed by atoms with E-state index < -0.39 is 28.4 Å². The first kappa shape index (κ1) is 18.9. The van der Waals surface area contributed by atoms with Crippen LogP contribution < -0.4 is 10.5 Å². The van der Waals surface area contributed by atoms with E-state index in [0.717, 1.165) is 6.07 Å². The molecule has 0 radical (unpaired) electrons. The highest BCUT2D eigenvalue weighted by molar-refractivity contribution is 5.85. The van der Waals surface area contributed by atoms with E-state index in [-0.39, 0.29) is 31.2 Å². The zero-order valence-corrected chi connectivity index (χ0v) is 12.4. The zero-order chi connectivity index (χ0) is 15.3. The molecule has 0 bridgehead atoms. The van der Waals surface area contributed by atoms with Crippen molar-refractivity contribution in [2.45, 2.75) is 19.4 Å². The van der Waals surface area contributed by atoms with Gasteiger partial charge in [-0.25, -0.2) is 0 Å². The molecule has 1 rings (SSSR count). The molecule has 0 heterocycles. The van der Waals surface area contributed by atoms with Gasteiger partial charge >= 0.3 is 11.7 Å². The molecule has 0 aliphatic carbocycles. The zero-order valence-electron chi connectivity index (χ0n) is 11.6. The first-order valence-electron chi connectivity index (χ1n) is 5.87. The highest BCUT2D eigenvalue weighted by Crippen LogP contribution is 2.38. The summed E-state index contributed by atoms with van der Waals surface area (Å²) in [4.78, 5) is 21.4. The molecular formula is C12H17ClN2O6. The Labute approximate surface area is 127 Å². The van der Waals surface area contributed by atoms with Crippen molar-refractivity contribution in [3.05, 3.63) is 27.8 Å².